The van der Waals surface area contributed by atoms with E-state index in [1.54, 1.807) is 17.0 Å². The lowest BCUT2D eigenvalue weighted by Crippen LogP contribution is -2.65. The van der Waals surface area contributed by atoms with Crippen molar-refractivity contribution in [2.45, 2.75) is 24.5 Å². The van der Waals surface area contributed by atoms with Crippen LogP contribution in [-0.2, 0) is 19.5 Å². The molecule has 0 atom stereocenters. The zero-order valence-electron chi connectivity index (χ0n) is 15.0. The SMILES string of the molecule is CN(C)S(=O)(=O)c1ccc(C(=O)N2CC3(COC(C)(C)OC3)C2)cc1. The lowest BCUT2D eigenvalue weighted by Gasteiger charge is -2.54. The first kappa shape index (κ1) is 18.3. The molecule has 2 fully saturated rings. The summed E-state index contributed by atoms with van der Waals surface area (Å²) in [7, 11) is -0.538. The van der Waals surface area contributed by atoms with Gasteiger partial charge in [0.1, 0.15) is 0 Å². The Morgan fingerprint density at radius 3 is 2.08 bits per heavy atom. The first-order valence-corrected chi connectivity index (χ1v) is 9.59. The molecule has 1 aromatic carbocycles. The summed E-state index contributed by atoms with van der Waals surface area (Å²) in [5, 5.41) is 0. The van der Waals surface area contributed by atoms with E-state index in [0.29, 0.717) is 31.9 Å². The predicted octanol–water partition coefficient (Wildman–Crippen LogP) is 1.16. The molecular formula is C17H24N2O5S. The molecule has 0 N–H and O–H groups in total. The number of nitrogens with zero attached hydrogens (tertiary/aromatic N) is 2. The second-order valence-corrected chi connectivity index (χ2v) is 9.60. The molecule has 1 spiro atoms. The molecule has 25 heavy (non-hydrogen) atoms. The summed E-state index contributed by atoms with van der Waals surface area (Å²) in [4.78, 5) is 14.5. The second-order valence-electron chi connectivity index (χ2n) is 7.45. The number of ether oxygens (including phenoxy) is 2. The summed E-state index contributed by atoms with van der Waals surface area (Å²) in [6.45, 7) is 6.07. The third-order valence-corrected chi connectivity index (χ3v) is 6.50. The van der Waals surface area contributed by atoms with Gasteiger partial charge < -0.3 is 14.4 Å². The van der Waals surface area contributed by atoms with Gasteiger partial charge in [0.25, 0.3) is 5.91 Å². The Hall–Kier alpha value is -1.48. The standard InChI is InChI=1S/C17H24N2O5S/c1-16(2)23-11-17(12-24-16)9-19(10-17)15(20)13-5-7-14(8-6-13)25(21,22)18(3)4/h5-8H,9-12H2,1-4H3. The highest BCUT2D eigenvalue weighted by Crippen LogP contribution is 2.38. The first-order chi connectivity index (χ1) is 11.5. The van der Waals surface area contributed by atoms with Crippen LogP contribution < -0.4 is 0 Å². The summed E-state index contributed by atoms with van der Waals surface area (Å²) in [5.41, 5.74) is 0.352. The van der Waals surface area contributed by atoms with E-state index in [-0.39, 0.29) is 16.2 Å². The number of carbonyl (C=O) groups excluding carboxylic acids is 1. The molecule has 1 aromatic rings. The predicted molar refractivity (Wildman–Crippen MR) is 91.6 cm³/mol. The van der Waals surface area contributed by atoms with Crippen molar-refractivity contribution in [1.29, 1.82) is 0 Å². The monoisotopic (exact) mass is 368 g/mol. The molecule has 8 heteroatoms. The zero-order chi connectivity index (χ0) is 18.5. The van der Waals surface area contributed by atoms with E-state index >= 15 is 0 Å². The molecule has 7 nitrogen and oxygen atoms in total. The van der Waals surface area contributed by atoms with Gasteiger partial charge in [0.05, 0.1) is 23.5 Å². The van der Waals surface area contributed by atoms with Crippen LogP contribution in [0.15, 0.2) is 29.2 Å². The molecule has 2 aliphatic heterocycles. The molecule has 2 heterocycles. The Labute approximate surface area is 148 Å². The van der Waals surface area contributed by atoms with Gasteiger partial charge in [-0.05, 0) is 38.1 Å². The molecule has 138 valence electrons. The smallest absolute Gasteiger partial charge is 0.253 e. The maximum atomic E-state index is 12.6. The van der Waals surface area contributed by atoms with E-state index in [9.17, 15) is 13.2 Å². The van der Waals surface area contributed by atoms with Crippen molar-refractivity contribution in [3.63, 3.8) is 0 Å². The largest absolute Gasteiger partial charge is 0.350 e. The molecule has 0 saturated carbocycles. The van der Waals surface area contributed by atoms with E-state index in [2.05, 4.69) is 0 Å². The topological polar surface area (TPSA) is 76.2 Å². The number of hydrogen-bond donors (Lipinski definition) is 0. The van der Waals surface area contributed by atoms with Gasteiger partial charge in [0.2, 0.25) is 10.0 Å². The average Bonchev–Trinajstić information content (AvgIpc) is 2.52. The third kappa shape index (κ3) is 3.44. The molecule has 2 aliphatic rings. The zero-order valence-corrected chi connectivity index (χ0v) is 15.8. The van der Waals surface area contributed by atoms with Crippen LogP contribution in [0.3, 0.4) is 0 Å². The molecule has 3 rings (SSSR count). The van der Waals surface area contributed by atoms with Gasteiger partial charge in [0.15, 0.2) is 5.79 Å². The number of rotatable bonds is 3. The molecule has 0 aromatic heterocycles. The highest BCUT2D eigenvalue weighted by molar-refractivity contribution is 7.89. The van der Waals surface area contributed by atoms with Gasteiger partial charge in [-0.25, -0.2) is 12.7 Å². The molecule has 0 unspecified atom stereocenters. The Morgan fingerprint density at radius 1 is 1.08 bits per heavy atom. The van der Waals surface area contributed by atoms with Crippen LogP contribution in [0.2, 0.25) is 0 Å². The van der Waals surface area contributed by atoms with Crippen LogP contribution in [0.5, 0.6) is 0 Å². The Morgan fingerprint density at radius 2 is 1.60 bits per heavy atom. The van der Waals surface area contributed by atoms with E-state index in [1.807, 2.05) is 13.8 Å². The van der Waals surface area contributed by atoms with Gasteiger partial charge in [-0.15, -0.1) is 0 Å². The molecule has 1 amide bonds. The average molecular weight is 368 g/mol. The van der Waals surface area contributed by atoms with E-state index in [0.717, 1.165) is 4.31 Å². The van der Waals surface area contributed by atoms with Crippen molar-refractivity contribution in [3.8, 4) is 0 Å². The third-order valence-electron chi connectivity index (χ3n) is 4.67. The normalized spacial score (nSPS) is 22.0. The van der Waals surface area contributed by atoms with Crippen LogP contribution in [0.25, 0.3) is 0 Å². The van der Waals surface area contributed by atoms with Crippen LogP contribution >= 0.6 is 0 Å². The molecule has 0 bridgehead atoms. The van der Waals surface area contributed by atoms with E-state index in [1.165, 1.54) is 26.2 Å². The summed E-state index contributed by atoms with van der Waals surface area (Å²) >= 11 is 0. The number of benzene rings is 1. The second kappa shape index (κ2) is 6.05. The summed E-state index contributed by atoms with van der Waals surface area (Å²) in [6.07, 6.45) is 0. The van der Waals surface area contributed by atoms with Crippen LogP contribution in [0, 0.1) is 5.41 Å². The maximum Gasteiger partial charge on any atom is 0.253 e. The Bertz CT molecular complexity index is 753. The van der Waals surface area contributed by atoms with Crippen molar-refractivity contribution in [3.05, 3.63) is 29.8 Å². The lowest BCUT2D eigenvalue weighted by atomic mass is 9.80. The number of sulfonamides is 1. The van der Waals surface area contributed by atoms with E-state index in [4.69, 9.17) is 9.47 Å². The van der Waals surface area contributed by atoms with Gasteiger partial charge in [0, 0.05) is 32.7 Å². The first-order valence-electron chi connectivity index (χ1n) is 8.15. The van der Waals surface area contributed by atoms with Crippen LogP contribution in [0.4, 0.5) is 0 Å². The Kier molecular flexibility index (Phi) is 4.43. The Balaban J connectivity index is 1.64. The van der Waals surface area contributed by atoms with Gasteiger partial charge >= 0.3 is 0 Å². The molecular weight excluding hydrogens is 344 g/mol. The van der Waals surface area contributed by atoms with Gasteiger partial charge in [-0.1, -0.05) is 0 Å². The number of carbonyl (C=O) groups is 1. The van der Waals surface area contributed by atoms with Crippen LogP contribution in [-0.4, -0.2) is 69.7 Å². The van der Waals surface area contributed by atoms with Gasteiger partial charge in [-0.3, -0.25) is 4.79 Å². The highest BCUT2D eigenvalue weighted by Gasteiger charge is 2.50. The van der Waals surface area contributed by atoms with Crippen molar-refractivity contribution in [2.24, 2.45) is 5.41 Å². The van der Waals surface area contributed by atoms with Crippen LogP contribution in [0.1, 0.15) is 24.2 Å². The van der Waals surface area contributed by atoms with Crippen molar-refractivity contribution >= 4 is 15.9 Å². The van der Waals surface area contributed by atoms with Gasteiger partial charge in [-0.2, -0.15) is 0 Å². The number of amides is 1. The quantitative estimate of drug-likeness (QED) is 0.800. The maximum absolute atomic E-state index is 12.6. The molecule has 0 radical (unpaired) electrons. The van der Waals surface area contributed by atoms with E-state index < -0.39 is 15.8 Å². The van der Waals surface area contributed by atoms with Crippen molar-refractivity contribution in [1.82, 2.24) is 9.21 Å². The number of hydrogen-bond acceptors (Lipinski definition) is 5. The molecule has 2 saturated heterocycles. The minimum atomic E-state index is -3.49. The minimum Gasteiger partial charge on any atom is -0.350 e. The minimum absolute atomic E-state index is 0.107. The fourth-order valence-corrected chi connectivity index (χ4v) is 3.89. The number of likely N-dealkylation sites (tertiary alicyclic amines) is 1. The fraction of sp³-hybridized carbons (Fsp3) is 0.588. The summed E-state index contributed by atoms with van der Waals surface area (Å²) in [6, 6.07) is 6.04. The summed E-state index contributed by atoms with van der Waals surface area (Å²) < 4.78 is 36.7. The molecule has 0 aliphatic carbocycles. The summed E-state index contributed by atoms with van der Waals surface area (Å²) in [5.74, 6) is -0.673. The van der Waals surface area contributed by atoms with Crippen molar-refractivity contribution in [2.75, 3.05) is 40.4 Å². The highest BCUT2D eigenvalue weighted by atomic mass is 32.2. The lowest BCUT2D eigenvalue weighted by molar-refractivity contribution is -0.301. The van der Waals surface area contributed by atoms with Crippen molar-refractivity contribution < 1.29 is 22.7 Å². The fourth-order valence-electron chi connectivity index (χ4n) is 2.99.